The predicted octanol–water partition coefficient (Wildman–Crippen LogP) is -0.405. The number of hydrogen-bond donors (Lipinski definition) is 1. The lowest BCUT2D eigenvalue weighted by atomic mass is 10.0. The van der Waals surface area contributed by atoms with E-state index in [2.05, 4.69) is 0 Å². The van der Waals surface area contributed by atoms with E-state index in [0.29, 0.717) is 0 Å². The minimum Gasteiger partial charge on any atom is -0.371 e. The van der Waals surface area contributed by atoms with Crippen molar-refractivity contribution >= 4 is 0 Å². The summed E-state index contributed by atoms with van der Waals surface area (Å²) in [5, 5.41) is 10.8. The lowest BCUT2D eigenvalue weighted by Crippen LogP contribution is -2.78. The Morgan fingerprint density at radius 2 is 0.875 bits per heavy atom. The fraction of sp³-hybridized carbons (Fsp3) is 1.00. The van der Waals surface area contributed by atoms with Crippen molar-refractivity contribution < 1.29 is 5.11 Å². The van der Waals surface area contributed by atoms with Crippen molar-refractivity contribution in [3.63, 3.8) is 0 Å². The van der Waals surface area contributed by atoms with Crippen LogP contribution in [-0.2, 0) is 0 Å². The molecular weight excluding hydrogens is 204 g/mol. The van der Waals surface area contributed by atoms with Crippen LogP contribution in [0.4, 0.5) is 0 Å². The summed E-state index contributed by atoms with van der Waals surface area (Å²) in [5.41, 5.74) is -1.01. The second kappa shape index (κ2) is 4.98. The number of hydrogen-bond acceptors (Lipinski definition) is 5. The molecule has 0 amide bonds. The van der Waals surface area contributed by atoms with Gasteiger partial charge in [0, 0.05) is 0 Å². The van der Waals surface area contributed by atoms with Crippen molar-refractivity contribution in [1.82, 2.24) is 19.6 Å². The van der Waals surface area contributed by atoms with Crippen LogP contribution in [0, 0.1) is 0 Å². The Morgan fingerprint density at radius 3 is 0.938 bits per heavy atom. The molecule has 0 aromatic carbocycles. The van der Waals surface area contributed by atoms with Gasteiger partial charge in [-0.1, -0.05) is 0 Å². The van der Waals surface area contributed by atoms with Crippen LogP contribution in [0.25, 0.3) is 0 Å². The number of aliphatic hydroxyl groups is 1. The van der Waals surface area contributed by atoms with Crippen LogP contribution in [0.5, 0.6) is 0 Å². The van der Waals surface area contributed by atoms with Crippen LogP contribution >= 0.6 is 0 Å². The Labute approximate surface area is 100 Å². The number of likely N-dealkylation sites (N-methyl/N-ethyl adjacent to an activating group) is 4. The van der Waals surface area contributed by atoms with Crippen LogP contribution in [0.1, 0.15) is 6.92 Å². The van der Waals surface area contributed by atoms with Gasteiger partial charge < -0.3 is 5.11 Å². The minimum absolute atomic E-state index is 0.601. The van der Waals surface area contributed by atoms with Gasteiger partial charge in [-0.3, -0.25) is 19.6 Å². The highest BCUT2D eigenvalue weighted by atomic mass is 16.3. The van der Waals surface area contributed by atoms with Crippen LogP contribution in [0.2, 0.25) is 0 Å². The predicted molar refractivity (Wildman–Crippen MR) is 68.1 cm³/mol. The van der Waals surface area contributed by atoms with Gasteiger partial charge >= 0.3 is 0 Å². The van der Waals surface area contributed by atoms with E-state index in [4.69, 9.17) is 0 Å². The van der Waals surface area contributed by atoms with Crippen molar-refractivity contribution in [3.8, 4) is 0 Å². The largest absolute Gasteiger partial charge is 0.371 e. The van der Waals surface area contributed by atoms with Crippen LogP contribution in [-0.4, -0.2) is 92.6 Å². The first-order chi connectivity index (χ1) is 7.02. The summed E-state index contributed by atoms with van der Waals surface area (Å²) in [6.07, 6.45) is 0. The molecule has 0 aromatic heterocycles. The first kappa shape index (κ1) is 15.8. The molecule has 0 radical (unpaired) electrons. The number of nitrogens with zero attached hydrogens (tertiary/aromatic N) is 4. The molecule has 5 heteroatoms. The Balaban J connectivity index is 5.72. The van der Waals surface area contributed by atoms with E-state index in [1.807, 2.05) is 82.9 Å². The van der Waals surface area contributed by atoms with Crippen LogP contribution in [0.15, 0.2) is 0 Å². The van der Waals surface area contributed by atoms with Crippen molar-refractivity contribution in [2.45, 2.75) is 18.4 Å². The van der Waals surface area contributed by atoms with Crippen molar-refractivity contribution in [2.24, 2.45) is 0 Å². The van der Waals surface area contributed by atoms with Gasteiger partial charge in [0.25, 0.3) is 0 Å². The molecule has 0 rings (SSSR count). The van der Waals surface area contributed by atoms with Gasteiger partial charge in [-0.2, -0.15) is 0 Å². The lowest BCUT2D eigenvalue weighted by Gasteiger charge is -2.58. The second-order valence-electron chi connectivity index (χ2n) is 5.23. The first-order valence-corrected chi connectivity index (χ1v) is 5.45. The highest BCUT2D eigenvalue weighted by Crippen LogP contribution is 2.32. The quantitative estimate of drug-likeness (QED) is 0.652. The zero-order chi connectivity index (χ0) is 13.3. The van der Waals surface area contributed by atoms with Gasteiger partial charge in [0.05, 0.1) is 0 Å². The molecule has 0 aromatic rings. The third kappa shape index (κ3) is 2.10. The van der Waals surface area contributed by atoms with Crippen LogP contribution < -0.4 is 0 Å². The number of rotatable bonds is 5. The normalized spacial score (nSPS) is 17.6. The maximum atomic E-state index is 10.8. The highest BCUT2D eigenvalue weighted by Gasteiger charge is 2.54. The van der Waals surface area contributed by atoms with Crippen molar-refractivity contribution in [2.75, 3.05) is 56.4 Å². The summed E-state index contributed by atoms with van der Waals surface area (Å²) in [4.78, 5) is 7.89. The maximum Gasteiger partial charge on any atom is 0.173 e. The van der Waals surface area contributed by atoms with E-state index in [1.165, 1.54) is 0 Å². The van der Waals surface area contributed by atoms with Crippen LogP contribution in [0.3, 0.4) is 0 Å². The fourth-order valence-corrected chi connectivity index (χ4v) is 2.77. The zero-order valence-corrected chi connectivity index (χ0v) is 12.2. The zero-order valence-electron chi connectivity index (χ0n) is 12.2. The molecule has 0 saturated carbocycles. The van der Waals surface area contributed by atoms with E-state index in [9.17, 15) is 5.11 Å². The Bertz CT molecular complexity index is 202. The average Bonchev–Trinajstić information content (AvgIpc) is 2.00. The van der Waals surface area contributed by atoms with E-state index in [0.717, 1.165) is 0 Å². The molecule has 1 atom stereocenters. The smallest absolute Gasteiger partial charge is 0.173 e. The molecule has 98 valence electrons. The SMILES string of the molecule is CN(C)C(C)(O)C(N(C)C)(N(C)C)N(C)C. The molecule has 5 nitrogen and oxygen atoms in total. The molecule has 0 spiro atoms. The maximum absolute atomic E-state index is 10.8. The van der Waals surface area contributed by atoms with Gasteiger partial charge in [-0.15, -0.1) is 0 Å². The van der Waals surface area contributed by atoms with E-state index in [-0.39, 0.29) is 0 Å². The third-order valence-corrected chi connectivity index (χ3v) is 3.38. The fourth-order valence-electron chi connectivity index (χ4n) is 2.77. The molecule has 0 aliphatic rings. The minimum atomic E-state index is -1.01. The Kier molecular flexibility index (Phi) is 4.91. The second-order valence-corrected chi connectivity index (χ2v) is 5.23. The average molecular weight is 232 g/mol. The molecule has 0 saturated heterocycles. The summed E-state index contributed by atoms with van der Waals surface area (Å²) >= 11 is 0. The lowest BCUT2D eigenvalue weighted by molar-refractivity contribution is -0.276. The van der Waals surface area contributed by atoms with Gasteiger partial charge in [0.1, 0.15) is 0 Å². The topological polar surface area (TPSA) is 33.2 Å². The van der Waals surface area contributed by atoms with E-state index < -0.39 is 11.5 Å². The summed E-state index contributed by atoms with van der Waals surface area (Å²) < 4.78 is 0. The molecule has 0 fully saturated rings. The van der Waals surface area contributed by atoms with Gasteiger partial charge in [0.2, 0.25) is 0 Å². The van der Waals surface area contributed by atoms with E-state index in [1.54, 1.807) is 0 Å². The molecule has 16 heavy (non-hydrogen) atoms. The monoisotopic (exact) mass is 232 g/mol. The molecule has 0 aliphatic heterocycles. The first-order valence-electron chi connectivity index (χ1n) is 5.45. The van der Waals surface area contributed by atoms with E-state index >= 15 is 0 Å². The summed E-state index contributed by atoms with van der Waals surface area (Å²) in [5.74, 6) is -0.601. The molecule has 1 N–H and O–H groups in total. The molecule has 1 unspecified atom stereocenters. The summed E-state index contributed by atoms with van der Waals surface area (Å²) in [6, 6.07) is 0. The molecule has 0 heterocycles. The Morgan fingerprint density at radius 1 is 0.625 bits per heavy atom. The highest BCUT2D eigenvalue weighted by molar-refractivity contribution is 4.97. The Hall–Kier alpha value is -0.200. The van der Waals surface area contributed by atoms with Crippen molar-refractivity contribution in [1.29, 1.82) is 0 Å². The molecule has 0 aliphatic carbocycles. The molecular formula is C11H28N4O. The van der Waals surface area contributed by atoms with Gasteiger partial charge in [-0.25, -0.2) is 0 Å². The molecule has 0 bridgehead atoms. The standard InChI is InChI=1S/C11H28N4O/c1-10(16,12(2)3)11(13(4)5,14(6)7)15(8)9/h16H,1-9H3. The summed E-state index contributed by atoms with van der Waals surface area (Å²) in [6.45, 7) is 1.83. The van der Waals surface area contributed by atoms with Crippen molar-refractivity contribution in [3.05, 3.63) is 0 Å². The summed E-state index contributed by atoms with van der Waals surface area (Å²) in [7, 11) is 15.6. The van der Waals surface area contributed by atoms with Gasteiger partial charge in [0.15, 0.2) is 11.5 Å². The van der Waals surface area contributed by atoms with Gasteiger partial charge in [-0.05, 0) is 63.3 Å². The third-order valence-electron chi connectivity index (χ3n) is 3.38.